The molecule has 3 rings (SSSR count). The summed E-state index contributed by atoms with van der Waals surface area (Å²) in [6, 6.07) is 16.2. The molecule has 2 N–H and O–H groups in total. The average Bonchev–Trinajstić information content (AvgIpc) is 2.61. The van der Waals surface area contributed by atoms with E-state index in [1.54, 1.807) is 23.9 Å². The van der Waals surface area contributed by atoms with Gasteiger partial charge in [0.05, 0.1) is 12.0 Å². The van der Waals surface area contributed by atoms with E-state index in [1.165, 1.54) is 0 Å². The molecule has 2 aromatic carbocycles. The minimum absolute atomic E-state index is 0.0629. The van der Waals surface area contributed by atoms with Gasteiger partial charge < -0.3 is 10.6 Å². The Balaban J connectivity index is 1.97. The number of benzene rings is 2. The number of thioether (sulfide) groups is 1. The van der Waals surface area contributed by atoms with Gasteiger partial charge in [-0.2, -0.15) is 0 Å². The highest BCUT2D eigenvalue weighted by Gasteiger charge is 2.37. The van der Waals surface area contributed by atoms with Gasteiger partial charge in [0.1, 0.15) is 0 Å². The standard InChI is InChI=1S/C19H18N2O2S/c1-12-16(18(22)14-6-4-3-5-7-14)17(21-19(23)20-12)13-8-10-15(24-2)11-9-13/h3-11,16-17H,1H2,2H3,(H2,20,21,23)/t16-,17+/m0/s1. The molecule has 5 heteroatoms. The quantitative estimate of drug-likeness (QED) is 0.659. The average molecular weight is 338 g/mol. The lowest BCUT2D eigenvalue weighted by Crippen LogP contribution is -2.50. The lowest BCUT2D eigenvalue weighted by molar-refractivity contribution is 0.0905. The molecule has 1 aliphatic rings. The van der Waals surface area contributed by atoms with E-state index in [4.69, 9.17) is 0 Å². The van der Waals surface area contributed by atoms with Gasteiger partial charge in [-0.3, -0.25) is 4.79 Å². The molecule has 4 nitrogen and oxygen atoms in total. The maximum atomic E-state index is 13.0. The van der Waals surface area contributed by atoms with Gasteiger partial charge >= 0.3 is 6.03 Å². The van der Waals surface area contributed by atoms with Gasteiger partial charge in [-0.15, -0.1) is 11.8 Å². The Morgan fingerprint density at radius 2 is 1.75 bits per heavy atom. The highest BCUT2D eigenvalue weighted by Crippen LogP contribution is 2.32. The third kappa shape index (κ3) is 3.21. The predicted octanol–water partition coefficient (Wildman–Crippen LogP) is 3.78. The van der Waals surface area contributed by atoms with Gasteiger partial charge in [0, 0.05) is 16.2 Å². The number of ketones is 1. The molecule has 1 fully saturated rings. The fourth-order valence-corrected chi connectivity index (χ4v) is 3.27. The van der Waals surface area contributed by atoms with Crippen molar-refractivity contribution in [2.75, 3.05) is 6.26 Å². The molecule has 1 heterocycles. The Morgan fingerprint density at radius 1 is 1.08 bits per heavy atom. The van der Waals surface area contributed by atoms with Crippen LogP contribution in [0.5, 0.6) is 0 Å². The number of amides is 2. The van der Waals surface area contributed by atoms with Crippen LogP contribution in [0.25, 0.3) is 0 Å². The topological polar surface area (TPSA) is 58.2 Å². The third-order valence-corrected chi connectivity index (χ3v) is 4.83. The molecule has 0 saturated carbocycles. The van der Waals surface area contributed by atoms with Crippen molar-refractivity contribution in [1.29, 1.82) is 0 Å². The molecule has 1 saturated heterocycles. The first-order valence-electron chi connectivity index (χ1n) is 7.59. The molecule has 24 heavy (non-hydrogen) atoms. The molecule has 0 spiro atoms. The van der Waals surface area contributed by atoms with Crippen molar-refractivity contribution in [2.45, 2.75) is 10.9 Å². The van der Waals surface area contributed by atoms with E-state index in [1.807, 2.05) is 48.7 Å². The van der Waals surface area contributed by atoms with Crippen LogP contribution in [0.15, 0.2) is 71.8 Å². The fraction of sp³-hybridized carbons (Fsp3) is 0.158. The first-order valence-corrected chi connectivity index (χ1v) is 8.82. The van der Waals surface area contributed by atoms with E-state index in [0.717, 1.165) is 10.5 Å². The van der Waals surface area contributed by atoms with E-state index in [0.29, 0.717) is 11.3 Å². The summed E-state index contributed by atoms with van der Waals surface area (Å²) < 4.78 is 0. The molecule has 0 aliphatic carbocycles. The Bertz CT molecular complexity index is 772. The molecular weight excluding hydrogens is 320 g/mol. The summed E-state index contributed by atoms with van der Waals surface area (Å²) >= 11 is 1.65. The highest BCUT2D eigenvalue weighted by atomic mass is 32.2. The normalized spacial score (nSPS) is 20.2. The van der Waals surface area contributed by atoms with Crippen LogP contribution >= 0.6 is 11.8 Å². The Kier molecular flexibility index (Phi) is 4.71. The van der Waals surface area contributed by atoms with Crippen molar-refractivity contribution in [3.63, 3.8) is 0 Å². The number of nitrogens with one attached hydrogen (secondary N) is 2. The van der Waals surface area contributed by atoms with Crippen LogP contribution in [-0.2, 0) is 0 Å². The van der Waals surface area contributed by atoms with Crippen molar-refractivity contribution in [3.8, 4) is 0 Å². The van der Waals surface area contributed by atoms with Crippen molar-refractivity contribution in [3.05, 3.63) is 78.0 Å². The molecule has 1 aliphatic heterocycles. The monoisotopic (exact) mass is 338 g/mol. The molecule has 0 bridgehead atoms. The summed E-state index contributed by atoms with van der Waals surface area (Å²) in [7, 11) is 0. The zero-order valence-corrected chi connectivity index (χ0v) is 14.1. The molecule has 2 amide bonds. The highest BCUT2D eigenvalue weighted by molar-refractivity contribution is 7.98. The molecule has 2 atom stereocenters. The van der Waals surface area contributed by atoms with Gasteiger partial charge in [0.25, 0.3) is 0 Å². The second-order valence-corrected chi connectivity index (χ2v) is 6.46. The van der Waals surface area contributed by atoms with Crippen LogP contribution < -0.4 is 10.6 Å². The predicted molar refractivity (Wildman–Crippen MR) is 96.0 cm³/mol. The smallest absolute Gasteiger partial charge is 0.319 e. The van der Waals surface area contributed by atoms with E-state index in [2.05, 4.69) is 17.2 Å². The van der Waals surface area contributed by atoms with Crippen LogP contribution in [0.1, 0.15) is 22.0 Å². The van der Waals surface area contributed by atoms with E-state index in [9.17, 15) is 9.59 Å². The number of hydrogen-bond acceptors (Lipinski definition) is 3. The molecule has 122 valence electrons. The summed E-state index contributed by atoms with van der Waals surface area (Å²) in [6.45, 7) is 3.91. The van der Waals surface area contributed by atoms with Crippen molar-refractivity contribution in [1.82, 2.24) is 10.6 Å². The first kappa shape index (κ1) is 16.3. The lowest BCUT2D eigenvalue weighted by atomic mass is 9.83. The van der Waals surface area contributed by atoms with E-state index >= 15 is 0 Å². The minimum atomic E-state index is -0.551. The number of Topliss-reactive ketones (excluding diaryl/α,β-unsaturated/α-hetero) is 1. The maximum Gasteiger partial charge on any atom is 0.319 e. The number of carbonyl (C=O) groups excluding carboxylic acids is 2. The second-order valence-electron chi connectivity index (χ2n) is 5.58. The van der Waals surface area contributed by atoms with E-state index in [-0.39, 0.29) is 11.8 Å². The number of urea groups is 1. The van der Waals surface area contributed by atoms with Crippen molar-refractivity contribution >= 4 is 23.6 Å². The van der Waals surface area contributed by atoms with Crippen LogP contribution in [0.3, 0.4) is 0 Å². The number of carbonyl (C=O) groups is 2. The fourth-order valence-electron chi connectivity index (χ4n) is 2.86. The molecular formula is C19H18N2O2S. The van der Waals surface area contributed by atoms with Crippen molar-refractivity contribution < 1.29 is 9.59 Å². The SMILES string of the molecule is C=C1NC(=O)N[C@H](c2ccc(SC)cc2)[C@H]1C(=O)c1ccccc1. The molecule has 0 radical (unpaired) electrons. The summed E-state index contributed by atoms with van der Waals surface area (Å²) in [5.74, 6) is -0.614. The lowest BCUT2D eigenvalue weighted by Gasteiger charge is -2.34. The molecule has 0 unspecified atom stereocenters. The second kappa shape index (κ2) is 6.93. The maximum absolute atomic E-state index is 13.0. The Labute approximate surface area is 145 Å². The molecule has 2 aromatic rings. The zero-order valence-electron chi connectivity index (χ0n) is 13.3. The summed E-state index contributed by atoms with van der Waals surface area (Å²) in [5, 5.41) is 5.50. The van der Waals surface area contributed by atoms with Crippen LogP contribution in [0.4, 0.5) is 4.79 Å². The number of rotatable bonds is 4. The minimum Gasteiger partial charge on any atom is -0.330 e. The summed E-state index contributed by atoms with van der Waals surface area (Å²) in [4.78, 5) is 26.0. The van der Waals surface area contributed by atoms with Crippen LogP contribution in [0, 0.1) is 5.92 Å². The summed E-state index contributed by atoms with van der Waals surface area (Å²) in [5.41, 5.74) is 1.91. The third-order valence-electron chi connectivity index (χ3n) is 4.09. The Hall–Kier alpha value is -2.53. The van der Waals surface area contributed by atoms with Gasteiger partial charge in [-0.25, -0.2) is 4.79 Å². The van der Waals surface area contributed by atoms with E-state index < -0.39 is 12.0 Å². The largest absolute Gasteiger partial charge is 0.330 e. The van der Waals surface area contributed by atoms with Gasteiger partial charge in [-0.05, 0) is 24.0 Å². The van der Waals surface area contributed by atoms with Gasteiger partial charge in [-0.1, -0.05) is 49.0 Å². The summed E-state index contributed by atoms with van der Waals surface area (Å²) in [6.07, 6.45) is 2.00. The van der Waals surface area contributed by atoms with Gasteiger partial charge in [0.15, 0.2) is 5.78 Å². The molecule has 0 aromatic heterocycles. The number of hydrogen-bond donors (Lipinski definition) is 2. The van der Waals surface area contributed by atoms with Gasteiger partial charge in [0.2, 0.25) is 0 Å². The van der Waals surface area contributed by atoms with Crippen LogP contribution in [-0.4, -0.2) is 18.1 Å². The first-order chi connectivity index (χ1) is 11.6. The zero-order chi connectivity index (χ0) is 17.1. The van der Waals surface area contributed by atoms with Crippen LogP contribution in [0.2, 0.25) is 0 Å². The Morgan fingerprint density at radius 3 is 2.38 bits per heavy atom. The van der Waals surface area contributed by atoms with Crippen molar-refractivity contribution in [2.24, 2.45) is 5.92 Å².